The van der Waals surface area contributed by atoms with E-state index in [1.165, 1.54) is 24.3 Å². The minimum atomic E-state index is -1.23. The van der Waals surface area contributed by atoms with Gasteiger partial charge in [-0.15, -0.1) is 0 Å². The Labute approximate surface area is 210 Å². The number of nitrogens with two attached hydrogens (primary N) is 4. The van der Waals surface area contributed by atoms with Gasteiger partial charge in [-0.2, -0.15) is 0 Å². The van der Waals surface area contributed by atoms with Gasteiger partial charge in [-0.05, 0) is 18.6 Å². The largest absolute Gasteiger partial charge is 0.481 e. The third-order valence-electron chi connectivity index (χ3n) is 2.27. The third-order valence-corrected chi connectivity index (χ3v) is 2.27. The number of hydrazine groups is 2. The fourth-order valence-corrected chi connectivity index (χ4v) is 1.39. The van der Waals surface area contributed by atoms with Crippen LogP contribution in [0.4, 0.5) is 0 Å². The Hall–Kier alpha value is -0.782. The van der Waals surface area contributed by atoms with Crippen molar-refractivity contribution in [1.29, 1.82) is 0 Å². The molecule has 0 aromatic heterocycles. The molecule has 0 atom stereocenters. The first-order valence-corrected chi connectivity index (χ1v) is 6.75. The van der Waals surface area contributed by atoms with Crippen LogP contribution >= 0.6 is 0 Å². The maximum absolute atomic E-state index is 10.5. The Morgan fingerprint density at radius 1 is 0.759 bits per heavy atom. The summed E-state index contributed by atoms with van der Waals surface area (Å²) in [5.74, 6) is 12.3. The number of carbonyl (C=O) groups excluding carboxylic acids is 1. The van der Waals surface area contributed by atoms with Gasteiger partial charge in [-0.25, -0.2) is 9.59 Å². The molecule has 0 saturated carbocycles. The topological polar surface area (TPSA) is 233 Å². The van der Waals surface area contributed by atoms with Crippen molar-refractivity contribution in [3.8, 4) is 0 Å². The van der Waals surface area contributed by atoms with Crippen LogP contribution < -0.4 is 23.4 Å². The van der Waals surface area contributed by atoms with Gasteiger partial charge in [0.1, 0.15) is 12.2 Å². The number of hydrogen-bond acceptors (Lipinski definition) is 8. The molecule has 29 heavy (non-hydrogen) atoms. The van der Waals surface area contributed by atoms with Crippen LogP contribution in [0.5, 0.6) is 0 Å². The van der Waals surface area contributed by atoms with Crippen molar-refractivity contribution in [3.63, 3.8) is 0 Å². The van der Waals surface area contributed by atoms with E-state index in [-0.39, 0.29) is 91.6 Å². The van der Waals surface area contributed by atoms with Gasteiger partial charge in [0.15, 0.2) is 0 Å². The van der Waals surface area contributed by atoms with E-state index in [0.29, 0.717) is 6.42 Å². The molecule has 11 nitrogen and oxygen atoms in total. The first-order chi connectivity index (χ1) is 11.8. The molecule has 0 saturated heterocycles. The molecule has 0 aliphatic heterocycles. The molecule has 0 fully saturated rings. The molecule has 0 aliphatic carbocycles. The SMILES string of the molecule is CCCC(=O)CC(=O)O.NN.NN.O=C(O)c1ccccc1C(=O)O.[Cu].[Cu].[Cu].[Cu]. The van der Waals surface area contributed by atoms with Crippen LogP contribution in [0.25, 0.3) is 0 Å². The minimum Gasteiger partial charge on any atom is -0.481 e. The zero-order valence-electron chi connectivity index (χ0n) is 14.9. The van der Waals surface area contributed by atoms with Crippen LogP contribution in [-0.2, 0) is 77.9 Å². The van der Waals surface area contributed by atoms with Gasteiger partial charge in [-0.3, -0.25) is 33.0 Å². The molecule has 186 valence electrons. The third kappa shape index (κ3) is 27.2. The normalized spacial score (nSPS) is 7.07. The number of benzene rings is 1. The van der Waals surface area contributed by atoms with Crippen LogP contribution in [0, 0.1) is 0 Å². The van der Waals surface area contributed by atoms with Gasteiger partial charge < -0.3 is 15.3 Å². The molecular formula is C14H24Cu4N4O7. The summed E-state index contributed by atoms with van der Waals surface area (Å²) in [5.41, 5.74) is -0.380. The van der Waals surface area contributed by atoms with Gasteiger partial charge in [0.05, 0.1) is 11.1 Å². The molecule has 1 aromatic carbocycles. The van der Waals surface area contributed by atoms with Crippen molar-refractivity contribution in [2.24, 2.45) is 23.4 Å². The van der Waals surface area contributed by atoms with E-state index in [4.69, 9.17) is 15.3 Å². The Morgan fingerprint density at radius 2 is 1.07 bits per heavy atom. The van der Waals surface area contributed by atoms with Crippen LogP contribution in [0.15, 0.2) is 24.3 Å². The van der Waals surface area contributed by atoms with Crippen molar-refractivity contribution in [3.05, 3.63) is 35.4 Å². The van der Waals surface area contributed by atoms with Gasteiger partial charge in [0.25, 0.3) is 0 Å². The zero-order chi connectivity index (χ0) is 20.4. The molecule has 11 N–H and O–H groups in total. The van der Waals surface area contributed by atoms with Crippen LogP contribution in [0.2, 0.25) is 0 Å². The second-order valence-corrected chi connectivity index (χ2v) is 4.02. The van der Waals surface area contributed by atoms with Gasteiger partial charge in [0, 0.05) is 74.7 Å². The molecule has 0 heterocycles. The second kappa shape index (κ2) is 31.9. The monoisotopic (exact) mass is 612 g/mol. The summed E-state index contributed by atoms with van der Waals surface area (Å²) in [5, 5.41) is 25.2. The summed E-state index contributed by atoms with van der Waals surface area (Å²) in [6.07, 6.45) is 0.784. The number of aromatic carboxylic acids is 2. The zero-order valence-corrected chi connectivity index (χ0v) is 18.7. The Bertz CT molecular complexity index is 534. The van der Waals surface area contributed by atoms with E-state index < -0.39 is 17.9 Å². The molecule has 1 rings (SSSR count). The Balaban J connectivity index is -0.0000000519. The van der Waals surface area contributed by atoms with Crippen molar-refractivity contribution < 1.29 is 103 Å². The molecule has 0 spiro atoms. The molecule has 0 aliphatic rings. The first-order valence-electron chi connectivity index (χ1n) is 6.75. The second-order valence-electron chi connectivity index (χ2n) is 4.02. The predicted octanol–water partition coefficient (Wildman–Crippen LogP) is -0.459. The van der Waals surface area contributed by atoms with E-state index in [0.717, 1.165) is 6.42 Å². The Kier molecular flexibility index (Phi) is 51.1. The standard InChI is InChI=1S/C8H6O4.C6H10O3.4Cu.2H4N2/c9-7(10)5-3-1-2-4-6(5)8(11)12;1-2-3-5(7)4-6(8)9;;;;;2*1-2/h1-4H,(H,9,10)(H,11,12);2-4H2,1H3,(H,8,9);;;;;2*1-2H2. The van der Waals surface area contributed by atoms with E-state index in [1.807, 2.05) is 6.92 Å². The number of carbonyl (C=O) groups is 4. The summed E-state index contributed by atoms with van der Waals surface area (Å²) < 4.78 is 0. The van der Waals surface area contributed by atoms with E-state index in [2.05, 4.69) is 23.4 Å². The maximum Gasteiger partial charge on any atom is 0.336 e. The number of carboxylic acids is 3. The molecular weight excluding hydrogens is 590 g/mol. The summed E-state index contributed by atoms with van der Waals surface area (Å²) >= 11 is 0. The van der Waals surface area contributed by atoms with Gasteiger partial charge in [-0.1, -0.05) is 19.1 Å². The summed E-state index contributed by atoms with van der Waals surface area (Å²) in [4.78, 5) is 41.3. The van der Waals surface area contributed by atoms with Crippen LogP contribution in [0.1, 0.15) is 46.9 Å². The number of hydrogen-bond donors (Lipinski definition) is 7. The summed E-state index contributed by atoms with van der Waals surface area (Å²) in [6, 6.07) is 5.48. The number of Topliss-reactive ketones (excluding diaryl/α,β-unsaturated/α-hetero) is 1. The van der Waals surface area contributed by atoms with Gasteiger partial charge in [0.2, 0.25) is 0 Å². The average molecular weight is 615 g/mol. The average Bonchev–Trinajstić information content (AvgIpc) is 2.58. The van der Waals surface area contributed by atoms with Crippen molar-refractivity contribution in [1.82, 2.24) is 0 Å². The summed E-state index contributed by atoms with van der Waals surface area (Å²) in [7, 11) is 0. The quantitative estimate of drug-likeness (QED) is 0.0937. The number of carboxylic acid groups (broad SMARTS) is 3. The van der Waals surface area contributed by atoms with Crippen molar-refractivity contribution >= 4 is 23.7 Å². The van der Waals surface area contributed by atoms with Crippen molar-refractivity contribution in [2.45, 2.75) is 26.2 Å². The first kappa shape index (κ1) is 46.4. The fraction of sp³-hybridized carbons (Fsp3) is 0.286. The molecule has 15 heteroatoms. The predicted molar refractivity (Wildman–Crippen MR) is 89.3 cm³/mol. The molecule has 0 unspecified atom stereocenters. The van der Waals surface area contributed by atoms with Crippen LogP contribution in [-0.4, -0.2) is 39.0 Å². The fourth-order valence-electron chi connectivity index (χ4n) is 1.39. The van der Waals surface area contributed by atoms with Crippen molar-refractivity contribution in [2.75, 3.05) is 0 Å². The Morgan fingerprint density at radius 3 is 1.28 bits per heavy atom. The minimum absolute atomic E-state index is 0. The number of ketones is 1. The summed E-state index contributed by atoms with van der Waals surface area (Å²) in [6.45, 7) is 1.85. The molecule has 0 bridgehead atoms. The van der Waals surface area contributed by atoms with E-state index in [1.54, 1.807) is 0 Å². The smallest absolute Gasteiger partial charge is 0.336 e. The molecule has 4 radical (unpaired) electrons. The molecule has 1 aromatic rings. The molecule has 0 amide bonds. The van der Waals surface area contributed by atoms with Crippen LogP contribution in [0.3, 0.4) is 0 Å². The van der Waals surface area contributed by atoms with E-state index >= 15 is 0 Å². The van der Waals surface area contributed by atoms with Gasteiger partial charge >= 0.3 is 17.9 Å². The maximum atomic E-state index is 10.5. The number of aliphatic carboxylic acids is 1. The number of rotatable bonds is 6. The van der Waals surface area contributed by atoms with E-state index in [9.17, 15) is 19.2 Å².